The van der Waals surface area contributed by atoms with Gasteiger partial charge in [-0.3, -0.25) is 9.59 Å². The molecule has 0 aliphatic heterocycles. The van der Waals surface area contributed by atoms with Crippen molar-refractivity contribution in [3.63, 3.8) is 0 Å². The van der Waals surface area contributed by atoms with Crippen LogP contribution in [-0.4, -0.2) is 29.4 Å². The van der Waals surface area contributed by atoms with Crippen LogP contribution in [0.1, 0.15) is 30.6 Å². The van der Waals surface area contributed by atoms with Gasteiger partial charge < -0.3 is 16.4 Å². The van der Waals surface area contributed by atoms with Gasteiger partial charge in [0.2, 0.25) is 5.91 Å². The maximum atomic E-state index is 12.1. The first-order valence-electron chi connectivity index (χ1n) is 5.95. The molecule has 1 unspecified atom stereocenters. The molecule has 0 spiro atoms. The number of carbonyl (C=O) groups is 2. The fourth-order valence-electron chi connectivity index (χ4n) is 1.34. The van der Waals surface area contributed by atoms with Crippen molar-refractivity contribution >= 4 is 33.6 Å². The second-order valence-electron chi connectivity index (χ2n) is 4.07. The molecule has 1 rings (SSSR count). The summed E-state index contributed by atoms with van der Waals surface area (Å²) in [7, 11) is 0. The summed E-state index contributed by atoms with van der Waals surface area (Å²) in [5.74, 6) is -0.489. The highest BCUT2D eigenvalue weighted by molar-refractivity contribution is 9.10. The van der Waals surface area contributed by atoms with Crippen molar-refractivity contribution in [3.05, 3.63) is 22.3 Å². The van der Waals surface area contributed by atoms with Crippen LogP contribution in [0.3, 0.4) is 0 Å². The predicted molar refractivity (Wildman–Crippen MR) is 76.8 cm³/mol. The lowest BCUT2D eigenvalue weighted by Gasteiger charge is -2.13. The lowest BCUT2D eigenvalue weighted by Crippen LogP contribution is -2.42. The number of halogens is 1. The SMILES string of the molecule is CCCNc1ncc(Br)cc1C(=O)NC(C)C(N)=O. The van der Waals surface area contributed by atoms with Crippen LogP contribution in [0, 0.1) is 0 Å². The number of anilines is 1. The van der Waals surface area contributed by atoms with E-state index in [-0.39, 0.29) is 0 Å². The molecule has 0 aromatic carbocycles. The molecular weight excluding hydrogens is 312 g/mol. The van der Waals surface area contributed by atoms with Gasteiger partial charge in [0.1, 0.15) is 11.9 Å². The molecule has 0 saturated carbocycles. The summed E-state index contributed by atoms with van der Waals surface area (Å²) >= 11 is 3.27. The van der Waals surface area contributed by atoms with Gasteiger partial charge in [0, 0.05) is 17.2 Å². The summed E-state index contributed by atoms with van der Waals surface area (Å²) in [4.78, 5) is 27.2. The monoisotopic (exact) mass is 328 g/mol. The first-order chi connectivity index (χ1) is 8.95. The first-order valence-corrected chi connectivity index (χ1v) is 6.74. The quantitative estimate of drug-likeness (QED) is 0.732. The number of aromatic nitrogens is 1. The van der Waals surface area contributed by atoms with Crippen molar-refractivity contribution in [1.82, 2.24) is 10.3 Å². The number of hydrogen-bond donors (Lipinski definition) is 3. The molecule has 7 heteroatoms. The molecule has 19 heavy (non-hydrogen) atoms. The number of carbonyl (C=O) groups excluding carboxylic acids is 2. The van der Waals surface area contributed by atoms with Gasteiger partial charge in [-0.1, -0.05) is 6.92 Å². The van der Waals surface area contributed by atoms with Gasteiger partial charge in [-0.15, -0.1) is 0 Å². The highest BCUT2D eigenvalue weighted by Crippen LogP contribution is 2.18. The zero-order valence-corrected chi connectivity index (χ0v) is 12.5. The van der Waals surface area contributed by atoms with Crippen molar-refractivity contribution in [2.24, 2.45) is 5.73 Å². The second kappa shape index (κ2) is 7.08. The summed E-state index contributed by atoms with van der Waals surface area (Å²) in [6.07, 6.45) is 2.52. The second-order valence-corrected chi connectivity index (χ2v) is 4.99. The molecule has 0 saturated heterocycles. The third-order valence-corrected chi connectivity index (χ3v) is 2.85. The van der Waals surface area contributed by atoms with E-state index in [1.165, 1.54) is 6.92 Å². The van der Waals surface area contributed by atoms with Crippen molar-refractivity contribution in [1.29, 1.82) is 0 Å². The summed E-state index contributed by atoms with van der Waals surface area (Å²) in [5, 5.41) is 5.59. The van der Waals surface area contributed by atoms with E-state index in [9.17, 15) is 9.59 Å². The van der Waals surface area contributed by atoms with Gasteiger partial charge in [0.25, 0.3) is 5.91 Å². The standard InChI is InChI=1S/C12H17BrN4O2/c1-3-4-15-11-9(5-8(13)6-16-11)12(19)17-7(2)10(14)18/h5-7H,3-4H2,1-2H3,(H2,14,18)(H,15,16)(H,17,19). The molecule has 2 amide bonds. The zero-order valence-electron chi connectivity index (χ0n) is 10.9. The Labute approximate surface area is 120 Å². The van der Waals surface area contributed by atoms with Crippen LogP contribution in [0.4, 0.5) is 5.82 Å². The molecule has 1 aromatic heterocycles. The van der Waals surface area contributed by atoms with Crippen molar-refractivity contribution < 1.29 is 9.59 Å². The van der Waals surface area contributed by atoms with Gasteiger partial charge in [0.05, 0.1) is 5.56 Å². The van der Waals surface area contributed by atoms with Crippen LogP contribution >= 0.6 is 15.9 Å². The number of primary amides is 1. The van der Waals surface area contributed by atoms with E-state index in [1.807, 2.05) is 6.92 Å². The van der Waals surface area contributed by atoms with Crippen LogP contribution in [0.2, 0.25) is 0 Å². The van der Waals surface area contributed by atoms with Crippen LogP contribution in [-0.2, 0) is 4.79 Å². The van der Waals surface area contributed by atoms with E-state index in [2.05, 4.69) is 31.5 Å². The Morgan fingerprint density at radius 3 is 2.79 bits per heavy atom. The number of nitrogens with one attached hydrogen (secondary N) is 2. The fraction of sp³-hybridized carbons (Fsp3) is 0.417. The van der Waals surface area contributed by atoms with Crippen molar-refractivity contribution in [2.45, 2.75) is 26.3 Å². The van der Waals surface area contributed by atoms with Gasteiger partial charge in [0.15, 0.2) is 0 Å². The Morgan fingerprint density at radius 1 is 1.53 bits per heavy atom. The molecule has 0 aliphatic carbocycles. The van der Waals surface area contributed by atoms with Crippen LogP contribution in [0.5, 0.6) is 0 Å². The average molecular weight is 329 g/mol. The van der Waals surface area contributed by atoms with Crippen LogP contribution in [0.25, 0.3) is 0 Å². The Balaban J connectivity index is 2.93. The highest BCUT2D eigenvalue weighted by atomic mass is 79.9. The third kappa shape index (κ3) is 4.51. The fourth-order valence-corrected chi connectivity index (χ4v) is 1.67. The number of amides is 2. The topological polar surface area (TPSA) is 97.1 Å². The molecule has 104 valence electrons. The third-order valence-electron chi connectivity index (χ3n) is 2.42. The van der Waals surface area contributed by atoms with Crippen LogP contribution < -0.4 is 16.4 Å². The molecule has 6 nitrogen and oxygen atoms in total. The number of nitrogens with two attached hydrogens (primary N) is 1. The average Bonchev–Trinajstić information content (AvgIpc) is 2.36. The Morgan fingerprint density at radius 2 is 2.21 bits per heavy atom. The van der Waals surface area contributed by atoms with E-state index in [0.29, 0.717) is 22.4 Å². The van der Waals surface area contributed by atoms with E-state index in [1.54, 1.807) is 12.3 Å². The summed E-state index contributed by atoms with van der Waals surface area (Å²) in [6.45, 7) is 4.26. The predicted octanol–water partition coefficient (Wildman–Crippen LogP) is 1.27. The lowest BCUT2D eigenvalue weighted by molar-refractivity contribution is -0.119. The molecule has 0 fully saturated rings. The largest absolute Gasteiger partial charge is 0.369 e. The maximum Gasteiger partial charge on any atom is 0.255 e. The molecule has 4 N–H and O–H groups in total. The molecule has 0 bridgehead atoms. The number of nitrogens with zero attached hydrogens (tertiary/aromatic N) is 1. The molecule has 1 aromatic rings. The van der Waals surface area contributed by atoms with Gasteiger partial charge in [-0.25, -0.2) is 4.98 Å². The molecule has 1 heterocycles. The van der Waals surface area contributed by atoms with E-state index >= 15 is 0 Å². The van der Waals surface area contributed by atoms with Crippen LogP contribution in [0.15, 0.2) is 16.7 Å². The minimum atomic E-state index is -0.731. The van der Waals surface area contributed by atoms with E-state index in [4.69, 9.17) is 5.73 Å². The van der Waals surface area contributed by atoms with E-state index in [0.717, 1.165) is 6.42 Å². The number of pyridine rings is 1. The number of rotatable bonds is 6. The Hall–Kier alpha value is -1.63. The molecule has 1 atom stereocenters. The molecule has 0 radical (unpaired) electrons. The Kier molecular flexibility index (Phi) is 5.75. The summed E-state index contributed by atoms with van der Waals surface area (Å²) in [5.41, 5.74) is 5.49. The summed E-state index contributed by atoms with van der Waals surface area (Å²) in [6, 6.07) is 0.916. The summed E-state index contributed by atoms with van der Waals surface area (Å²) < 4.78 is 0.687. The number of hydrogen-bond acceptors (Lipinski definition) is 4. The van der Waals surface area contributed by atoms with E-state index < -0.39 is 17.9 Å². The van der Waals surface area contributed by atoms with Gasteiger partial charge in [-0.05, 0) is 35.3 Å². The lowest BCUT2D eigenvalue weighted by atomic mass is 10.2. The normalized spacial score (nSPS) is 11.7. The van der Waals surface area contributed by atoms with Gasteiger partial charge >= 0.3 is 0 Å². The minimum absolute atomic E-state index is 0.371. The highest BCUT2D eigenvalue weighted by Gasteiger charge is 2.17. The first kappa shape index (κ1) is 15.4. The molecular formula is C12H17BrN4O2. The zero-order chi connectivity index (χ0) is 14.4. The Bertz CT molecular complexity index is 479. The van der Waals surface area contributed by atoms with Crippen molar-refractivity contribution in [2.75, 3.05) is 11.9 Å². The van der Waals surface area contributed by atoms with Crippen molar-refractivity contribution in [3.8, 4) is 0 Å². The molecule has 0 aliphatic rings. The maximum absolute atomic E-state index is 12.1. The van der Waals surface area contributed by atoms with Gasteiger partial charge in [-0.2, -0.15) is 0 Å². The minimum Gasteiger partial charge on any atom is -0.369 e. The smallest absolute Gasteiger partial charge is 0.255 e.